The number of rotatable bonds is 7. The Hall–Kier alpha value is -8.66. The zero-order chi connectivity index (χ0) is 42.8. The van der Waals surface area contributed by atoms with Gasteiger partial charge in [-0.15, -0.1) is 0 Å². The van der Waals surface area contributed by atoms with Crippen molar-refractivity contribution in [3.05, 3.63) is 243 Å². The molecule has 11 aromatic carbocycles. The maximum Gasteiger partial charge on any atom is 0.143 e. The maximum absolute atomic E-state index is 6.50. The van der Waals surface area contributed by atoms with Crippen molar-refractivity contribution in [3.8, 4) is 39.1 Å². The number of hydrogen-bond donors (Lipinski definition) is 0. The Kier molecular flexibility index (Phi) is 8.53. The van der Waals surface area contributed by atoms with E-state index in [4.69, 9.17) is 4.42 Å². The van der Waals surface area contributed by atoms with E-state index in [1.54, 1.807) is 0 Å². The lowest BCUT2D eigenvalue weighted by Gasteiger charge is -2.27. The highest BCUT2D eigenvalue weighted by atomic mass is 16.3. The van der Waals surface area contributed by atoms with Crippen LogP contribution in [0.2, 0.25) is 0 Å². The van der Waals surface area contributed by atoms with Gasteiger partial charge in [0, 0.05) is 49.7 Å². The molecule has 2 aromatic heterocycles. The van der Waals surface area contributed by atoms with Crippen LogP contribution in [-0.4, -0.2) is 4.57 Å². The lowest BCUT2D eigenvalue weighted by molar-refractivity contribution is 0.672. The van der Waals surface area contributed by atoms with Crippen LogP contribution in [0.5, 0.6) is 0 Å². The molecule has 0 radical (unpaired) electrons. The molecule has 0 fully saturated rings. The number of hydrogen-bond acceptors (Lipinski definition) is 2. The lowest BCUT2D eigenvalue weighted by Crippen LogP contribution is -2.10. The molecule has 3 nitrogen and oxygen atoms in total. The molecule has 13 aromatic rings. The number of furan rings is 1. The summed E-state index contributed by atoms with van der Waals surface area (Å²) in [6.07, 6.45) is 0. The standard InChI is InChI=1S/C62H40N2O/c1-3-13-41(14-4-1)45-28-35-59-57(38-45)58-39-46(42-15-5-2-6-16-42)29-36-60(58)64(59)50-20-12-19-49(40-50)63(48-30-25-44(26-31-48)53-23-11-18-43-17-7-8-21-52(43)53)51-32-34-54-47(37-51)27-33-56-55-22-9-10-24-61(55)65-62(54)56/h1-40H. The second-order valence-electron chi connectivity index (χ2n) is 16.9. The average molecular weight is 829 g/mol. The van der Waals surface area contributed by atoms with Crippen LogP contribution in [0.15, 0.2) is 247 Å². The Balaban J connectivity index is 0.993. The first-order chi connectivity index (χ1) is 32.2. The molecule has 0 saturated heterocycles. The van der Waals surface area contributed by atoms with Crippen LogP contribution < -0.4 is 4.90 Å². The van der Waals surface area contributed by atoms with Crippen molar-refractivity contribution in [2.75, 3.05) is 4.90 Å². The van der Waals surface area contributed by atoms with Gasteiger partial charge in [-0.25, -0.2) is 0 Å². The number of anilines is 3. The Bertz CT molecular complexity index is 3840. The van der Waals surface area contributed by atoms with E-state index >= 15 is 0 Å². The van der Waals surface area contributed by atoms with Gasteiger partial charge in [-0.05, 0) is 134 Å². The summed E-state index contributed by atoms with van der Waals surface area (Å²) in [7, 11) is 0. The summed E-state index contributed by atoms with van der Waals surface area (Å²) >= 11 is 0. The number of fused-ring (bicyclic) bond motifs is 9. The Morgan fingerprint density at radius 1 is 0.308 bits per heavy atom. The smallest absolute Gasteiger partial charge is 0.143 e. The molecule has 65 heavy (non-hydrogen) atoms. The molecule has 0 aliphatic rings. The number of para-hydroxylation sites is 1. The first kappa shape index (κ1) is 36.9. The average Bonchev–Trinajstić information content (AvgIpc) is 3.92. The molecule has 0 saturated carbocycles. The van der Waals surface area contributed by atoms with Crippen molar-refractivity contribution in [3.63, 3.8) is 0 Å². The summed E-state index contributed by atoms with van der Waals surface area (Å²) in [5.74, 6) is 0. The molecule has 0 atom stereocenters. The van der Waals surface area contributed by atoms with Gasteiger partial charge in [0.15, 0.2) is 0 Å². The largest absolute Gasteiger partial charge is 0.455 e. The van der Waals surface area contributed by atoms with E-state index in [0.717, 1.165) is 66.5 Å². The minimum absolute atomic E-state index is 0.904. The molecule has 2 heterocycles. The van der Waals surface area contributed by atoms with Crippen molar-refractivity contribution in [1.82, 2.24) is 4.57 Å². The van der Waals surface area contributed by atoms with E-state index in [1.807, 2.05) is 12.1 Å². The maximum atomic E-state index is 6.50. The molecule has 0 aliphatic heterocycles. The normalized spacial score (nSPS) is 11.7. The topological polar surface area (TPSA) is 21.3 Å². The van der Waals surface area contributed by atoms with Gasteiger partial charge in [0.05, 0.1) is 11.0 Å². The zero-order valence-corrected chi connectivity index (χ0v) is 35.4. The van der Waals surface area contributed by atoms with Crippen molar-refractivity contribution >= 4 is 82.4 Å². The van der Waals surface area contributed by atoms with Gasteiger partial charge in [-0.1, -0.05) is 158 Å². The van der Waals surface area contributed by atoms with Gasteiger partial charge in [0.25, 0.3) is 0 Å². The minimum Gasteiger partial charge on any atom is -0.455 e. The second kappa shape index (κ2) is 15.0. The molecule has 0 N–H and O–H groups in total. The molecule has 0 aliphatic carbocycles. The number of nitrogens with zero attached hydrogens (tertiary/aromatic N) is 2. The van der Waals surface area contributed by atoms with Crippen LogP contribution in [0, 0.1) is 0 Å². The van der Waals surface area contributed by atoms with Crippen LogP contribution in [-0.2, 0) is 0 Å². The van der Waals surface area contributed by atoms with Gasteiger partial charge in [0.1, 0.15) is 11.2 Å². The summed E-state index contributed by atoms with van der Waals surface area (Å²) in [5.41, 5.74) is 15.6. The van der Waals surface area contributed by atoms with Gasteiger partial charge in [-0.2, -0.15) is 0 Å². The third-order valence-corrected chi connectivity index (χ3v) is 13.2. The van der Waals surface area contributed by atoms with Gasteiger partial charge >= 0.3 is 0 Å². The first-order valence-electron chi connectivity index (χ1n) is 22.2. The van der Waals surface area contributed by atoms with Gasteiger partial charge in [0.2, 0.25) is 0 Å². The molecular weight excluding hydrogens is 789 g/mol. The molecule has 304 valence electrons. The highest BCUT2D eigenvalue weighted by Gasteiger charge is 2.20. The molecule has 0 spiro atoms. The minimum atomic E-state index is 0.904. The second-order valence-corrected chi connectivity index (χ2v) is 16.9. The third kappa shape index (κ3) is 6.20. The van der Waals surface area contributed by atoms with E-state index in [9.17, 15) is 0 Å². The SMILES string of the molecule is c1ccc(-c2ccc3c(c2)c2cc(-c4ccccc4)ccc2n3-c2cccc(N(c3ccc(-c4cccc5ccccc45)cc3)c3ccc4c(ccc5c6ccccc6oc45)c3)c2)cc1. The first-order valence-corrected chi connectivity index (χ1v) is 22.2. The summed E-state index contributed by atoms with van der Waals surface area (Å²) in [6.45, 7) is 0. The van der Waals surface area contributed by atoms with Crippen LogP contribution in [0.3, 0.4) is 0 Å². The van der Waals surface area contributed by atoms with Gasteiger partial charge in [-0.3, -0.25) is 0 Å². The van der Waals surface area contributed by atoms with Crippen LogP contribution in [0.25, 0.3) is 104 Å². The van der Waals surface area contributed by atoms with Gasteiger partial charge < -0.3 is 13.9 Å². The molecule has 13 rings (SSSR count). The summed E-state index contributed by atoms with van der Waals surface area (Å²) in [4.78, 5) is 2.38. The molecular formula is C62H40N2O. The lowest BCUT2D eigenvalue weighted by atomic mass is 9.98. The summed E-state index contributed by atoms with van der Waals surface area (Å²) in [5, 5.41) is 9.40. The highest BCUT2D eigenvalue weighted by Crippen LogP contribution is 2.43. The van der Waals surface area contributed by atoms with Crippen LogP contribution in [0.1, 0.15) is 0 Å². The van der Waals surface area contributed by atoms with E-state index in [2.05, 4.69) is 240 Å². The molecule has 0 amide bonds. The predicted octanol–water partition coefficient (Wildman–Crippen LogP) is 17.5. The molecule has 3 heteroatoms. The fraction of sp³-hybridized carbons (Fsp3) is 0. The Morgan fingerprint density at radius 3 is 1.63 bits per heavy atom. The summed E-state index contributed by atoms with van der Waals surface area (Å²) < 4.78 is 8.93. The van der Waals surface area contributed by atoms with Crippen molar-refractivity contribution in [2.45, 2.75) is 0 Å². The quantitative estimate of drug-likeness (QED) is 0.160. The summed E-state index contributed by atoms with van der Waals surface area (Å²) in [6, 6.07) is 87.8. The van der Waals surface area contributed by atoms with Crippen molar-refractivity contribution in [2.24, 2.45) is 0 Å². The number of aromatic nitrogens is 1. The molecule has 0 bridgehead atoms. The van der Waals surface area contributed by atoms with Crippen molar-refractivity contribution in [1.29, 1.82) is 0 Å². The number of benzene rings is 11. The fourth-order valence-corrected chi connectivity index (χ4v) is 10.0. The molecule has 0 unspecified atom stereocenters. The van der Waals surface area contributed by atoms with Crippen LogP contribution in [0.4, 0.5) is 17.1 Å². The Labute approximate surface area is 376 Å². The predicted molar refractivity (Wildman–Crippen MR) is 274 cm³/mol. The van der Waals surface area contributed by atoms with E-state index < -0.39 is 0 Å². The van der Waals surface area contributed by atoms with E-state index in [1.165, 1.54) is 54.9 Å². The Morgan fingerprint density at radius 2 is 0.892 bits per heavy atom. The highest BCUT2D eigenvalue weighted by molar-refractivity contribution is 6.16. The zero-order valence-electron chi connectivity index (χ0n) is 35.4. The van der Waals surface area contributed by atoms with E-state index in [-0.39, 0.29) is 0 Å². The monoisotopic (exact) mass is 828 g/mol. The van der Waals surface area contributed by atoms with E-state index in [0.29, 0.717) is 0 Å². The fourth-order valence-electron chi connectivity index (χ4n) is 10.0. The van der Waals surface area contributed by atoms with Crippen molar-refractivity contribution < 1.29 is 4.42 Å². The van der Waals surface area contributed by atoms with Crippen LogP contribution >= 0.6 is 0 Å². The third-order valence-electron chi connectivity index (χ3n) is 13.2.